The number of benzene rings is 1. The van der Waals surface area contributed by atoms with Crippen LogP contribution in [-0.4, -0.2) is 4.98 Å². The Morgan fingerprint density at radius 2 is 1.88 bits per heavy atom. The fourth-order valence-corrected chi connectivity index (χ4v) is 1.30. The molecule has 0 spiro atoms. The lowest BCUT2D eigenvalue weighted by Gasteiger charge is -2.04. The van der Waals surface area contributed by atoms with Gasteiger partial charge in [0, 0.05) is 6.07 Å². The monoisotopic (exact) mass is 210 g/mol. The number of nitriles is 1. The second kappa shape index (κ2) is 4.94. The Morgan fingerprint density at radius 3 is 2.62 bits per heavy atom. The van der Waals surface area contributed by atoms with Crippen molar-refractivity contribution in [2.45, 2.75) is 6.42 Å². The van der Waals surface area contributed by atoms with Crippen molar-refractivity contribution in [2.75, 3.05) is 0 Å². The Morgan fingerprint density at radius 1 is 1.06 bits per heavy atom. The normalized spacial score (nSPS) is 9.44. The summed E-state index contributed by atoms with van der Waals surface area (Å²) < 4.78 is 5.54. The Labute approximate surface area is 93.9 Å². The van der Waals surface area contributed by atoms with Crippen LogP contribution >= 0.6 is 0 Å². The van der Waals surface area contributed by atoms with Crippen LogP contribution in [0.4, 0.5) is 0 Å². The zero-order valence-electron chi connectivity index (χ0n) is 8.63. The van der Waals surface area contributed by atoms with E-state index in [2.05, 4.69) is 11.1 Å². The summed E-state index contributed by atoms with van der Waals surface area (Å²) >= 11 is 0. The van der Waals surface area contributed by atoms with Crippen molar-refractivity contribution >= 4 is 0 Å². The van der Waals surface area contributed by atoms with Crippen molar-refractivity contribution in [3.8, 4) is 17.7 Å². The van der Waals surface area contributed by atoms with E-state index in [-0.39, 0.29) is 0 Å². The summed E-state index contributed by atoms with van der Waals surface area (Å²) in [5.41, 5.74) is 0.718. The highest BCUT2D eigenvalue weighted by atomic mass is 16.5. The lowest BCUT2D eigenvalue weighted by atomic mass is 10.3. The van der Waals surface area contributed by atoms with Gasteiger partial charge in [-0.25, -0.2) is 4.98 Å². The van der Waals surface area contributed by atoms with E-state index >= 15 is 0 Å². The lowest BCUT2D eigenvalue weighted by Crippen LogP contribution is -1.92. The number of ether oxygens (including phenoxy) is 1. The molecule has 1 aromatic carbocycles. The van der Waals surface area contributed by atoms with Gasteiger partial charge in [-0.3, -0.25) is 0 Å². The molecule has 0 fully saturated rings. The van der Waals surface area contributed by atoms with Gasteiger partial charge in [-0.05, 0) is 18.2 Å². The van der Waals surface area contributed by atoms with E-state index < -0.39 is 0 Å². The molecule has 0 aliphatic carbocycles. The molecule has 16 heavy (non-hydrogen) atoms. The zero-order valence-corrected chi connectivity index (χ0v) is 8.63. The number of pyridine rings is 1. The fourth-order valence-electron chi connectivity index (χ4n) is 1.30. The number of hydrogen-bond donors (Lipinski definition) is 0. The topological polar surface area (TPSA) is 45.9 Å². The highest BCUT2D eigenvalue weighted by Gasteiger charge is 1.99. The summed E-state index contributed by atoms with van der Waals surface area (Å²) in [7, 11) is 0. The molecule has 0 amide bonds. The highest BCUT2D eigenvalue weighted by molar-refractivity contribution is 5.27. The Kier molecular flexibility index (Phi) is 3.15. The molecule has 0 saturated carbocycles. The second-order valence-corrected chi connectivity index (χ2v) is 3.22. The van der Waals surface area contributed by atoms with Crippen LogP contribution in [0.5, 0.6) is 11.6 Å². The molecule has 3 nitrogen and oxygen atoms in total. The molecule has 0 saturated heterocycles. The summed E-state index contributed by atoms with van der Waals surface area (Å²) in [6.07, 6.45) is 0.298. The summed E-state index contributed by atoms with van der Waals surface area (Å²) in [6.45, 7) is 0. The predicted octanol–water partition coefficient (Wildman–Crippen LogP) is 2.94. The third kappa shape index (κ3) is 2.58. The van der Waals surface area contributed by atoms with E-state index in [9.17, 15) is 0 Å². The smallest absolute Gasteiger partial charge is 0.219 e. The number of nitrogens with zero attached hydrogens (tertiary/aromatic N) is 2. The highest BCUT2D eigenvalue weighted by Crippen LogP contribution is 2.18. The molecule has 0 N–H and O–H groups in total. The molecular formula is C13H10N2O. The van der Waals surface area contributed by atoms with Crippen LogP contribution in [0.1, 0.15) is 5.69 Å². The van der Waals surface area contributed by atoms with Gasteiger partial charge >= 0.3 is 0 Å². The summed E-state index contributed by atoms with van der Waals surface area (Å²) in [6, 6.07) is 16.9. The first-order valence-electron chi connectivity index (χ1n) is 4.94. The Balaban J connectivity index is 2.16. The van der Waals surface area contributed by atoms with E-state index in [1.54, 1.807) is 12.1 Å². The average Bonchev–Trinajstić information content (AvgIpc) is 2.31. The van der Waals surface area contributed by atoms with Crippen LogP contribution in [0.3, 0.4) is 0 Å². The first-order chi connectivity index (χ1) is 7.88. The van der Waals surface area contributed by atoms with Crippen LogP contribution in [0.2, 0.25) is 0 Å². The molecule has 2 rings (SSSR count). The molecule has 0 atom stereocenters. The van der Waals surface area contributed by atoms with Gasteiger partial charge in [-0.1, -0.05) is 24.3 Å². The quantitative estimate of drug-likeness (QED) is 0.782. The number of hydrogen-bond acceptors (Lipinski definition) is 3. The van der Waals surface area contributed by atoms with E-state index in [4.69, 9.17) is 10.00 Å². The van der Waals surface area contributed by atoms with Gasteiger partial charge in [-0.15, -0.1) is 0 Å². The minimum absolute atomic E-state index is 0.298. The molecule has 1 aromatic heterocycles. The second-order valence-electron chi connectivity index (χ2n) is 3.22. The predicted molar refractivity (Wildman–Crippen MR) is 60.1 cm³/mol. The van der Waals surface area contributed by atoms with E-state index in [1.807, 2.05) is 36.4 Å². The third-order valence-electron chi connectivity index (χ3n) is 2.01. The van der Waals surface area contributed by atoms with Gasteiger partial charge in [-0.2, -0.15) is 5.26 Å². The van der Waals surface area contributed by atoms with Crippen molar-refractivity contribution in [3.63, 3.8) is 0 Å². The largest absolute Gasteiger partial charge is 0.439 e. The lowest BCUT2D eigenvalue weighted by molar-refractivity contribution is 0.461. The Hall–Kier alpha value is -2.34. The molecule has 78 valence electrons. The molecule has 0 bridgehead atoms. The van der Waals surface area contributed by atoms with E-state index in [0.717, 1.165) is 11.4 Å². The van der Waals surface area contributed by atoms with Crippen LogP contribution in [0.15, 0.2) is 48.5 Å². The molecule has 0 aliphatic rings. The van der Waals surface area contributed by atoms with Crippen molar-refractivity contribution in [1.29, 1.82) is 5.26 Å². The molecule has 1 heterocycles. The number of rotatable bonds is 3. The molecular weight excluding hydrogens is 200 g/mol. The molecule has 0 radical (unpaired) electrons. The maximum atomic E-state index is 8.57. The van der Waals surface area contributed by atoms with Crippen molar-refractivity contribution in [1.82, 2.24) is 4.98 Å². The minimum atomic E-state index is 0.298. The first kappa shape index (κ1) is 10.2. The SMILES string of the molecule is N#CCc1cccc(Oc2ccccc2)n1. The number of para-hydroxylation sites is 1. The van der Waals surface area contributed by atoms with Gasteiger partial charge in [0.05, 0.1) is 18.2 Å². The standard InChI is InChI=1S/C13H10N2O/c14-10-9-11-5-4-8-13(15-11)16-12-6-2-1-3-7-12/h1-8H,9H2. The van der Waals surface area contributed by atoms with E-state index in [1.165, 1.54) is 0 Å². The van der Waals surface area contributed by atoms with Crippen LogP contribution in [-0.2, 0) is 6.42 Å². The van der Waals surface area contributed by atoms with E-state index in [0.29, 0.717) is 12.3 Å². The fraction of sp³-hybridized carbons (Fsp3) is 0.0769. The van der Waals surface area contributed by atoms with Crippen molar-refractivity contribution in [3.05, 3.63) is 54.2 Å². The minimum Gasteiger partial charge on any atom is -0.439 e. The first-order valence-corrected chi connectivity index (χ1v) is 4.94. The summed E-state index contributed by atoms with van der Waals surface area (Å²) in [4.78, 5) is 4.21. The van der Waals surface area contributed by atoms with Crippen LogP contribution in [0, 0.1) is 11.3 Å². The third-order valence-corrected chi connectivity index (χ3v) is 2.01. The van der Waals surface area contributed by atoms with Crippen LogP contribution in [0.25, 0.3) is 0 Å². The maximum Gasteiger partial charge on any atom is 0.219 e. The van der Waals surface area contributed by atoms with Gasteiger partial charge < -0.3 is 4.74 Å². The van der Waals surface area contributed by atoms with Gasteiger partial charge in [0.15, 0.2) is 0 Å². The molecule has 0 unspecified atom stereocenters. The maximum absolute atomic E-state index is 8.57. The molecule has 3 heteroatoms. The van der Waals surface area contributed by atoms with Crippen LogP contribution < -0.4 is 4.74 Å². The zero-order chi connectivity index (χ0) is 11.2. The summed E-state index contributed by atoms with van der Waals surface area (Å²) in [5, 5.41) is 8.57. The molecule has 2 aromatic rings. The molecule has 0 aliphatic heterocycles. The number of aromatic nitrogens is 1. The van der Waals surface area contributed by atoms with Gasteiger partial charge in [0.25, 0.3) is 0 Å². The van der Waals surface area contributed by atoms with Gasteiger partial charge in [0.1, 0.15) is 5.75 Å². The van der Waals surface area contributed by atoms with Gasteiger partial charge in [0.2, 0.25) is 5.88 Å². The van der Waals surface area contributed by atoms with Crippen molar-refractivity contribution in [2.24, 2.45) is 0 Å². The Bertz CT molecular complexity index is 503. The average molecular weight is 210 g/mol. The summed E-state index contributed by atoms with van der Waals surface area (Å²) in [5.74, 6) is 1.25. The van der Waals surface area contributed by atoms with Crippen molar-refractivity contribution < 1.29 is 4.74 Å².